The number of nitrogens with two attached hydrogens (primary N) is 1. The molecule has 0 radical (unpaired) electrons. The number of amides is 1. The second kappa shape index (κ2) is 8.08. The van der Waals surface area contributed by atoms with Crippen LogP contribution in [0.1, 0.15) is 45.9 Å². The molecule has 0 aliphatic heterocycles. The van der Waals surface area contributed by atoms with Crippen molar-refractivity contribution in [2.45, 2.75) is 47.1 Å². The fourth-order valence-electron chi connectivity index (χ4n) is 2.24. The van der Waals surface area contributed by atoms with E-state index in [1.807, 2.05) is 47.6 Å². The molecule has 0 fully saturated rings. The molecule has 136 valence electrons. The van der Waals surface area contributed by atoms with E-state index in [-0.39, 0.29) is 6.09 Å². The number of aromatic nitrogens is 2. The van der Waals surface area contributed by atoms with Gasteiger partial charge in [0.1, 0.15) is 12.2 Å². The van der Waals surface area contributed by atoms with E-state index in [0.29, 0.717) is 31.3 Å². The Labute approximate surface area is 144 Å². The Hall–Kier alpha value is -2.18. The summed E-state index contributed by atoms with van der Waals surface area (Å²) < 4.78 is 12.9. The molecule has 1 heterocycles. The van der Waals surface area contributed by atoms with E-state index in [9.17, 15) is 4.79 Å². The third-order valence-corrected chi connectivity index (χ3v) is 3.40. The molecule has 1 aromatic heterocycles. The SMILES string of the molecule is C/C=C(\N)c1c(C)nn(C)c1OCCN(CC)C(=O)OC(C)(C)C. The minimum Gasteiger partial charge on any atom is -0.475 e. The summed E-state index contributed by atoms with van der Waals surface area (Å²) in [5.41, 5.74) is 7.73. The highest BCUT2D eigenvalue weighted by molar-refractivity contribution is 5.69. The van der Waals surface area contributed by atoms with Crippen LogP contribution in [0.15, 0.2) is 6.08 Å². The normalized spacial score (nSPS) is 12.2. The maximum atomic E-state index is 12.1. The fraction of sp³-hybridized carbons (Fsp3) is 0.647. The smallest absolute Gasteiger partial charge is 0.410 e. The van der Waals surface area contributed by atoms with Crippen LogP contribution in [-0.4, -0.2) is 46.1 Å². The van der Waals surface area contributed by atoms with Gasteiger partial charge in [0.05, 0.1) is 17.8 Å². The molecule has 0 unspecified atom stereocenters. The number of aryl methyl sites for hydroxylation is 2. The van der Waals surface area contributed by atoms with Crippen LogP contribution in [0.25, 0.3) is 5.70 Å². The molecule has 1 aromatic rings. The van der Waals surface area contributed by atoms with Crippen molar-refractivity contribution in [3.05, 3.63) is 17.3 Å². The van der Waals surface area contributed by atoms with Gasteiger partial charge in [-0.05, 0) is 41.5 Å². The van der Waals surface area contributed by atoms with Crippen molar-refractivity contribution in [2.24, 2.45) is 12.8 Å². The van der Waals surface area contributed by atoms with Gasteiger partial charge < -0.3 is 20.1 Å². The molecule has 0 spiro atoms. The van der Waals surface area contributed by atoms with Crippen LogP contribution >= 0.6 is 0 Å². The van der Waals surface area contributed by atoms with Crippen LogP contribution in [0.4, 0.5) is 4.79 Å². The quantitative estimate of drug-likeness (QED) is 0.862. The summed E-state index contributed by atoms with van der Waals surface area (Å²) in [7, 11) is 1.81. The molecular weight excluding hydrogens is 308 g/mol. The van der Waals surface area contributed by atoms with Crippen molar-refractivity contribution < 1.29 is 14.3 Å². The lowest BCUT2D eigenvalue weighted by molar-refractivity contribution is 0.0235. The maximum Gasteiger partial charge on any atom is 0.410 e. The Morgan fingerprint density at radius 3 is 2.54 bits per heavy atom. The highest BCUT2D eigenvalue weighted by Gasteiger charge is 2.22. The molecular formula is C17H30N4O3. The van der Waals surface area contributed by atoms with E-state index in [1.54, 1.807) is 16.6 Å². The van der Waals surface area contributed by atoms with Gasteiger partial charge >= 0.3 is 6.09 Å². The zero-order valence-electron chi connectivity index (χ0n) is 15.8. The first-order valence-electron chi connectivity index (χ1n) is 8.17. The lowest BCUT2D eigenvalue weighted by Gasteiger charge is -2.26. The van der Waals surface area contributed by atoms with Gasteiger partial charge in [0, 0.05) is 19.3 Å². The largest absolute Gasteiger partial charge is 0.475 e. The zero-order valence-corrected chi connectivity index (χ0v) is 15.8. The summed E-state index contributed by atoms with van der Waals surface area (Å²) in [5, 5.41) is 4.35. The van der Waals surface area contributed by atoms with Crippen molar-refractivity contribution in [3.8, 4) is 5.88 Å². The second-order valence-corrected chi connectivity index (χ2v) is 6.54. The number of likely N-dealkylation sites (N-methyl/N-ethyl adjacent to an activating group) is 1. The van der Waals surface area contributed by atoms with E-state index in [2.05, 4.69) is 5.10 Å². The Morgan fingerprint density at radius 1 is 1.42 bits per heavy atom. The Balaban J connectivity index is 2.75. The number of hydrogen-bond acceptors (Lipinski definition) is 5. The number of ether oxygens (including phenoxy) is 2. The van der Waals surface area contributed by atoms with Gasteiger partial charge in [0.2, 0.25) is 5.88 Å². The van der Waals surface area contributed by atoms with Gasteiger partial charge in [-0.2, -0.15) is 5.10 Å². The molecule has 1 rings (SSSR count). The highest BCUT2D eigenvalue weighted by Crippen LogP contribution is 2.26. The van der Waals surface area contributed by atoms with Gasteiger partial charge in [-0.15, -0.1) is 0 Å². The molecule has 1 amide bonds. The molecule has 7 nitrogen and oxygen atoms in total. The van der Waals surface area contributed by atoms with E-state index in [0.717, 1.165) is 11.3 Å². The standard InChI is InChI=1S/C17H30N4O3/c1-8-13(18)14-12(3)19-20(7)15(14)23-11-10-21(9-2)16(22)24-17(4,5)6/h8H,9-11,18H2,1-7H3/b13-8-. The molecule has 0 aromatic carbocycles. The van der Waals surface area contributed by atoms with E-state index < -0.39 is 5.60 Å². The third-order valence-electron chi connectivity index (χ3n) is 3.40. The predicted molar refractivity (Wildman–Crippen MR) is 94.8 cm³/mol. The van der Waals surface area contributed by atoms with Crippen LogP contribution in [0.5, 0.6) is 5.88 Å². The summed E-state index contributed by atoms with van der Waals surface area (Å²) in [5.74, 6) is 0.600. The first-order chi connectivity index (χ1) is 11.1. The average Bonchev–Trinajstić information content (AvgIpc) is 2.75. The fourth-order valence-corrected chi connectivity index (χ4v) is 2.24. The maximum absolute atomic E-state index is 12.1. The topological polar surface area (TPSA) is 82.6 Å². The monoisotopic (exact) mass is 338 g/mol. The summed E-state index contributed by atoms with van der Waals surface area (Å²) in [6.45, 7) is 12.5. The van der Waals surface area contributed by atoms with Gasteiger partial charge in [-0.1, -0.05) is 6.08 Å². The molecule has 0 aliphatic rings. The number of carbonyl (C=O) groups is 1. The lowest BCUT2D eigenvalue weighted by Crippen LogP contribution is -2.39. The van der Waals surface area contributed by atoms with Gasteiger partial charge in [0.15, 0.2) is 0 Å². The molecule has 24 heavy (non-hydrogen) atoms. The molecule has 0 aliphatic carbocycles. The van der Waals surface area contributed by atoms with Crippen molar-refractivity contribution in [1.82, 2.24) is 14.7 Å². The Bertz CT molecular complexity index is 600. The van der Waals surface area contributed by atoms with Crippen molar-refractivity contribution >= 4 is 11.8 Å². The molecule has 0 bridgehead atoms. The molecule has 0 saturated heterocycles. The van der Waals surface area contributed by atoms with Gasteiger partial charge in [-0.3, -0.25) is 0 Å². The van der Waals surface area contributed by atoms with Crippen molar-refractivity contribution in [3.63, 3.8) is 0 Å². The minimum absolute atomic E-state index is 0.329. The second-order valence-electron chi connectivity index (χ2n) is 6.54. The highest BCUT2D eigenvalue weighted by atomic mass is 16.6. The average molecular weight is 338 g/mol. The number of rotatable bonds is 6. The van der Waals surface area contributed by atoms with Gasteiger partial charge in [-0.25, -0.2) is 9.48 Å². The minimum atomic E-state index is -0.516. The number of carbonyl (C=O) groups excluding carboxylic acids is 1. The number of allylic oxidation sites excluding steroid dienone is 1. The van der Waals surface area contributed by atoms with Crippen molar-refractivity contribution in [1.29, 1.82) is 0 Å². The molecule has 0 saturated carbocycles. The van der Waals surface area contributed by atoms with Crippen molar-refractivity contribution in [2.75, 3.05) is 19.7 Å². The molecule has 7 heteroatoms. The Kier molecular flexibility index (Phi) is 6.69. The third kappa shape index (κ3) is 5.18. The summed E-state index contributed by atoms with van der Waals surface area (Å²) in [4.78, 5) is 13.7. The first-order valence-corrected chi connectivity index (χ1v) is 8.17. The first kappa shape index (κ1) is 19.9. The van der Waals surface area contributed by atoms with Gasteiger partial charge in [0.25, 0.3) is 0 Å². The van der Waals surface area contributed by atoms with Crippen LogP contribution in [0, 0.1) is 6.92 Å². The van der Waals surface area contributed by atoms with Crippen LogP contribution in [0.2, 0.25) is 0 Å². The van der Waals surface area contributed by atoms with Crippen LogP contribution in [-0.2, 0) is 11.8 Å². The van der Waals surface area contributed by atoms with Crippen LogP contribution < -0.4 is 10.5 Å². The van der Waals surface area contributed by atoms with Crippen LogP contribution in [0.3, 0.4) is 0 Å². The van der Waals surface area contributed by atoms with E-state index in [1.165, 1.54) is 0 Å². The van der Waals surface area contributed by atoms with E-state index in [4.69, 9.17) is 15.2 Å². The summed E-state index contributed by atoms with van der Waals surface area (Å²) >= 11 is 0. The number of nitrogens with zero attached hydrogens (tertiary/aromatic N) is 3. The lowest BCUT2D eigenvalue weighted by atomic mass is 10.2. The van der Waals surface area contributed by atoms with E-state index >= 15 is 0 Å². The number of hydrogen-bond donors (Lipinski definition) is 1. The summed E-state index contributed by atoms with van der Waals surface area (Å²) in [6.07, 6.45) is 1.47. The Morgan fingerprint density at radius 2 is 2.04 bits per heavy atom. The predicted octanol–water partition coefficient (Wildman–Crippen LogP) is 2.68. The summed E-state index contributed by atoms with van der Waals surface area (Å²) in [6, 6.07) is 0. The molecule has 0 atom stereocenters. The zero-order chi connectivity index (χ0) is 18.5. The molecule has 2 N–H and O–H groups in total.